The number of benzene rings is 1. The lowest BCUT2D eigenvalue weighted by molar-refractivity contribution is 0.0856. The third-order valence-electron chi connectivity index (χ3n) is 5.06. The normalized spacial score (nSPS) is 27.5. The summed E-state index contributed by atoms with van der Waals surface area (Å²) in [6, 6.07) is 7.06. The van der Waals surface area contributed by atoms with Crippen molar-refractivity contribution in [2.45, 2.75) is 64.0 Å². The van der Waals surface area contributed by atoms with E-state index in [-0.39, 0.29) is 0 Å². The van der Waals surface area contributed by atoms with Crippen LogP contribution in [-0.4, -0.2) is 13.2 Å². The molecule has 110 valence electrons. The van der Waals surface area contributed by atoms with Crippen molar-refractivity contribution in [2.75, 3.05) is 7.05 Å². The molecule has 3 rings (SSSR count). The van der Waals surface area contributed by atoms with Crippen LogP contribution in [0.4, 0.5) is 0 Å². The molecular weight excluding hydrogens is 246 g/mol. The highest BCUT2D eigenvalue weighted by Gasteiger charge is 2.32. The fourth-order valence-electron chi connectivity index (χ4n) is 3.86. The van der Waals surface area contributed by atoms with Crippen LogP contribution in [0, 0.1) is 12.8 Å². The molecule has 0 radical (unpaired) electrons. The maximum atomic E-state index is 6.37. The fraction of sp³-hybridized carbons (Fsp3) is 0.667. The second-order valence-electron chi connectivity index (χ2n) is 6.53. The Balaban J connectivity index is 1.81. The summed E-state index contributed by atoms with van der Waals surface area (Å²) in [5, 5.41) is 3.49. The van der Waals surface area contributed by atoms with Crippen LogP contribution in [0.15, 0.2) is 18.2 Å². The van der Waals surface area contributed by atoms with Gasteiger partial charge in [0.25, 0.3) is 0 Å². The Hall–Kier alpha value is -1.02. The molecule has 2 aliphatic rings. The van der Waals surface area contributed by atoms with E-state index < -0.39 is 0 Å². The third-order valence-corrected chi connectivity index (χ3v) is 5.06. The van der Waals surface area contributed by atoms with Gasteiger partial charge in [-0.05, 0) is 38.8 Å². The van der Waals surface area contributed by atoms with Crippen LogP contribution in [-0.2, 0) is 0 Å². The summed E-state index contributed by atoms with van der Waals surface area (Å²) < 4.78 is 6.37. The van der Waals surface area contributed by atoms with Gasteiger partial charge in [-0.1, -0.05) is 43.4 Å². The Morgan fingerprint density at radius 1 is 1.10 bits per heavy atom. The predicted octanol–water partition coefficient (Wildman–Crippen LogP) is 4.38. The molecule has 1 heterocycles. The Bertz CT molecular complexity index is 449. The molecule has 2 nitrogen and oxygen atoms in total. The first-order valence-corrected chi connectivity index (χ1v) is 8.22. The van der Waals surface area contributed by atoms with E-state index in [1.54, 1.807) is 0 Å². The van der Waals surface area contributed by atoms with Crippen LogP contribution in [0.25, 0.3) is 0 Å². The lowest BCUT2D eigenvalue weighted by Gasteiger charge is -2.36. The predicted molar refractivity (Wildman–Crippen MR) is 83.2 cm³/mol. The monoisotopic (exact) mass is 273 g/mol. The van der Waals surface area contributed by atoms with Crippen molar-refractivity contribution in [3.8, 4) is 5.75 Å². The van der Waals surface area contributed by atoms with E-state index in [2.05, 4.69) is 37.5 Å². The maximum absolute atomic E-state index is 6.37. The number of hydrogen-bond acceptors (Lipinski definition) is 2. The van der Waals surface area contributed by atoms with Crippen molar-refractivity contribution in [3.63, 3.8) is 0 Å². The molecule has 2 heteroatoms. The van der Waals surface area contributed by atoms with Gasteiger partial charge in [-0.3, -0.25) is 0 Å². The number of aryl methyl sites for hydroxylation is 1. The Kier molecular flexibility index (Phi) is 4.30. The van der Waals surface area contributed by atoms with Crippen molar-refractivity contribution in [1.82, 2.24) is 5.32 Å². The van der Waals surface area contributed by atoms with Crippen LogP contribution in [0.1, 0.15) is 62.1 Å². The van der Waals surface area contributed by atoms with Crippen LogP contribution >= 0.6 is 0 Å². The highest BCUT2D eigenvalue weighted by atomic mass is 16.5. The molecule has 0 bridgehead atoms. The topological polar surface area (TPSA) is 21.3 Å². The lowest BCUT2D eigenvalue weighted by atomic mass is 9.85. The van der Waals surface area contributed by atoms with Crippen LogP contribution < -0.4 is 10.1 Å². The fourth-order valence-corrected chi connectivity index (χ4v) is 3.86. The summed E-state index contributed by atoms with van der Waals surface area (Å²) >= 11 is 0. The molecular formula is C18H27NO. The van der Waals surface area contributed by atoms with Gasteiger partial charge in [0.15, 0.2) is 0 Å². The highest BCUT2D eigenvalue weighted by Crippen LogP contribution is 2.40. The molecule has 20 heavy (non-hydrogen) atoms. The van der Waals surface area contributed by atoms with Crippen LogP contribution in [0.3, 0.4) is 0 Å². The summed E-state index contributed by atoms with van der Waals surface area (Å²) in [5.41, 5.74) is 2.66. The molecule has 1 aliphatic carbocycles. The molecule has 2 unspecified atom stereocenters. The zero-order valence-corrected chi connectivity index (χ0v) is 12.8. The van der Waals surface area contributed by atoms with Crippen molar-refractivity contribution in [3.05, 3.63) is 29.3 Å². The minimum Gasteiger partial charge on any atom is -0.490 e. The molecule has 0 saturated heterocycles. The largest absolute Gasteiger partial charge is 0.490 e. The number of nitrogens with one attached hydrogen (secondary N) is 1. The Morgan fingerprint density at radius 2 is 1.85 bits per heavy atom. The van der Waals surface area contributed by atoms with Gasteiger partial charge in [-0.15, -0.1) is 0 Å². The quantitative estimate of drug-likeness (QED) is 0.808. The zero-order chi connectivity index (χ0) is 13.9. The highest BCUT2D eigenvalue weighted by molar-refractivity contribution is 5.41. The van der Waals surface area contributed by atoms with Crippen LogP contribution in [0.5, 0.6) is 5.75 Å². The molecule has 1 aromatic carbocycles. The number of rotatable bonds is 2. The molecule has 2 atom stereocenters. The smallest absolute Gasteiger partial charge is 0.124 e. The Labute approximate surface area is 122 Å². The van der Waals surface area contributed by atoms with E-state index in [4.69, 9.17) is 4.74 Å². The summed E-state index contributed by atoms with van der Waals surface area (Å²) in [6.45, 7) is 2.16. The van der Waals surface area contributed by atoms with Crippen molar-refractivity contribution >= 4 is 0 Å². The molecule has 1 N–H and O–H groups in total. The average Bonchev–Trinajstić information content (AvgIpc) is 2.75. The molecule has 1 saturated carbocycles. The van der Waals surface area contributed by atoms with E-state index in [0.717, 1.165) is 18.1 Å². The molecule has 1 aromatic rings. The van der Waals surface area contributed by atoms with Gasteiger partial charge in [0.1, 0.15) is 11.9 Å². The van der Waals surface area contributed by atoms with Crippen LogP contribution in [0.2, 0.25) is 0 Å². The molecule has 0 amide bonds. The third kappa shape index (κ3) is 2.85. The van der Waals surface area contributed by atoms with Gasteiger partial charge in [-0.25, -0.2) is 0 Å². The average molecular weight is 273 g/mol. The van der Waals surface area contributed by atoms with Gasteiger partial charge in [0.05, 0.1) is 0 Å². The van der Waals surface area contributed by atoms with Crippen molar-refractivity contribution < 1.29 is 4.74 Å². The van der Waals surface area contributed by atoms with Crippen molar-refractivity contribution in [2.24, 2.45) is 5.92 Å². The van der Waals surface area contributed by atoms with Gasteiger partial charge >= 0.3 is 0 Å². The van der Waals surface area contributed by atoms with Crippen molar-refractivity contribution in [1.29, 1.82) is 0 Å². The van der Waals surface area contributed by atoms with Gasteiger partial charge < -0.3 is 10.1 Å². The maximum Gasteiger partial charge on any atom is 0.124 e. The number of fused-ring (bicyclic) bond motifs is 1. The van der Waals surface area contributed by atoms with Gasteiger partial charge in [0.2, 0.25) is 0 Å². The van der Waals surface area contributed by atoms with E-state index >= 15 is 0 Å². The van der Waals surface area contributed by atoms with E-state index in [1.807, 2.05) is 0 Å². The minimum atomic E-state index is 0.403. The second kappa shape index (κ2) is 6.17. The second-order valence-corrected chi connectivity index (χ2v) is 6.53. The lowest BCUT2D eigenvalue weighted by Crippen LogP contribution is -2.36. The molecule has 1 fully saturated rings. The molecule has 1 aliphatic heterocycles. The first-order chi connectivity index (χ1) is 9.78. The summed E-state index contributed by atoms with van der Waals surface area (Å²) in [4.78, 5) is 0. The number of hydrogen-bond donors (Lipinski definition) is 1. The zero-order valence-electron chi connectivity index (χ0n) is 12.8. The first-order valence-electron chi connectivity index (χ1n) is 8.22. The summed E-state index contributed by atoms with van der Waals surface area (Å²) in [7, 11) is 2.08. The first kappa shape index (κ1) is 13.9. The van der Waals surface area contributed by atoms with Gasteiger partial charge in [0, 0.05) is 18.0 Å². The molecule has 0 spiro atoms. The standard InChI is InChI=1S/C18H27NO/c1-13-9-10-17-15(11-13)16(19-2)12-18(20-17)14-7-5-3-4-6-8-14/h9-11,14,16,18-19H,3-8,12H2,1-2H3. The number of ether oxygens (including phenoxy) is 1. The van der Waals surface area contributed by atoms with E-state index in [9.17, 15) is 0 Å². The summed E-state index contributed by atoms with van der Waals surface area (Å²) in [6.07, 6.45) is 9.82. The molecule has 0 aromatic heterocycles. The minimum absolute atomic E-state index is 0.403. The Morgan fingerprint density at radius 3 is 2.55 bits per heavy atom. The van der Waals surface area contributed by atoms with Gasteiger partial charge in [-0.2, -0.15) is 0 Å². The SMILES string of the molecule is CNC1CC(C2CCCCCC2)Oc2ccc(C)cc21. The van der Waals surface area contributed by atoms with E-state index in [0.29, 0.717) is 12.1 Å². The van der Waals surface area contributed by atoms with E-state index in [1.165, 1.54) is 49.7 Å². The summed E-state index contributed by atoms with van der Waals surface area (Å²) in [5.74, 6) is 1.86.